The third kappa shape index (κ3) is 4.07. The Bertz CT molecular complexity index is 1200. The number of benzene rings is 3. The van der Waals surface area contributed by atoms with Gasteiger partial charge in [-0.2, -0.15) is 5.10 Å². The normalized spacial score (nSPS) is 11.3. The molecule has 3 aromatic carbocycles. The van der Waals surface area contributed by atoms with Crippen molar-refractivity contribution in [1.82, 2.24) is 9.78 Å². The zero-order valence-corrected chi connectivity index (χ0v) is 16.8. The van der Waals surface area contributed by atoms with Crippen LogP contribution in [-0.4, -0.2) is 18.2 Å². The number of sulfonamides is 1. The molecule has 0 aliphatic carbocycles. The Morgan fingerprint density at radius 1 is 0.862 bits per heavy atom. The van der Waals surface area contributed by atoms with Crippen LogP contribution in [0, 0.1) is 0 Å². The van der Waals surface area contributed by atoms with Crippen LogP contribution in [0.5, 0.6) is 0 Å². The van der Waals surface area contributed by atoms with Gasteiger partial charge in [-0.05, 0) is 36.2 Å². The third-order valence-electron chi connectivity index (χ3n) is 4.65. The van der Waals surface area contributed by atoms with Crippen molar-refractivity contribution in [2.75, 3.05) is 4.72 Å². The average molecular weight is 404 g/mol. The van der Waals surface area contributed by atoms with Crippen LogP contribution in [0.4, 0.5) is 5.69 Å². The lowest BCUT2D eigenvalue weighted by molar-refractivity contribution is 0.601. The molecule has 0 aliphatic rings. The van der Waals surface area contributed by atoms with E-state index >= 15 is 0 Å². The van der Waals surface area contributed by atoms with Gasteiger partial charge >= 0.3 is 0 Å². The van der Waals surface area contributed by atoms with Gasteiger partial charge in [0.15, 0.2) is 0 Å². The zero-order valence-electron chi connectivity index (χ0n) is 16.0. The molecule has 0 atom stereocenters. The van der Waals surface area contributed by atoms with E-state index in [0.29, 0.717) is 11.4 Å². The van der Waals surface area contributed by atoms with Gasteiger partial charge in [0.05, 0.1) is 11.9 Å². The molecule has 4 aromatic rings. The summed E-state index contributed by atoms with van der Waals surface area (Å²) >= 11 is 0. The molecule has 0 aliphatic heterocycles. The molecule has 1 N–H and O–H groups in total. The average Bonchev–Trinajstić information content (AvgIpc) is 3.22. The highest BCUT2D eigenvalue weighted by atomic mass is 32.2. The van der Waals surface area contributed by atoms with Gasteiger partial charge in [0, 0.05) is 11.3 Å². The maximum atomic E-state index is 13.2. The fourth-order valence-electron chi connectivity index (χ4n) is 3.08. The second-order valence-corrected chi connectivity index (χ2v) is 8.29. The van der Waals surface area contributed by atoms with Crippen molar-refractivity contribution in [3.05, 3.63) is 96.7 Å². The van der Waals surface area contributed by atoms with Crippen LogP contribution >= 0.6 is 0 Å². The van der Waals surface area contributed by atoms with E-state index in [0.717, 1.165) is 23.2 Å². The second-order valence-electron chi connectivity index (χ2n) is 6.64. The molecule has 1 heterocycles. The van der Waals surface area contributed by atoms with E-state index < -0.39 is 10.0 Å². The van der Waals surface area contributed by atoms with Crippen molar-refractivity contribution >= 4 is 15.7 Å². The van der Waals surface area contributed by atoms with Crippen LogP contribution in [0.1, 0.15) is 12.5 Å². The molecule has 0 radical (unpaired) electrons. The van der Waals surface area contributed by atoms with Crippen molar-refractivity contribution in [3.63, 3.8) is 0 Å². The standard InChI is InChI=1S/C23H21N3O2S/c1-2-18-13-15-20(16-14-18)25-29(27,28)22-17-26(21-11-7-4-8-12-21)24-23(22)19-9-5-3-6-10-19/h3-17,25H,2H2,1H3. The first-order valence-electron chi connectivity index (χ1n) is 9.39. The predicted octanol–water partition coefficient (Wildman–Crippen LogP) is 4.90. The van der Waals surface area contributed by atoms with Crippen molar-refractivity contribution in [1.29, 1.82) is 0 Å². The lowest BCUT2D eigenvalue weighted by Gasteiger charge is -2.08. The summed E-state index contributed by atoms with van der Waals surface area (Å²) in [6, 6.07) is 26.2. The summed E-state index contributed by atoms with van der Waals surface area (Å²) in [6.45, 7) is 2.06. The minimum atomic E-state index is -3.83. The number of nitrogens with zero attached hydrogens (tertiary/aromatic N) is 2. The van der Waals surface area contributed by atoms with E-state index in [1.165, 1.54) is 0 Å². The fraction of sp³-hybridized carbons (Fsp3) is 0.0870. The lowest BCUT2D eigenvalue weighted by Crippen LogP contribution is -2.13. The van der Waals surface area contributed by atoms with Crippen LogP contribution < -0.4 is 4.72 Å². The summed E-state index contributed by atoms with van der Waals surface area (Å²) in [5, 5.41) is 4.58. The van der Waals surface area contributed by atoms with Gasteiger partial charge in [0.25, 0.3) is 10.0 Å². The topological polar surface area (TPSA) is 64.0 Å². The van der Waals surface area contributed by atoms with Crippen LogP contribution in [0.2, 0.25) is 0 Å². The third-order valence-corrected chi connectivity index (χ3v) is 6.03. The Kier molecular flexibility index (Phi) is 5.18. The zero-order chi connectivity index (χ0) is 20.3. The van der Waals surface area contributed by atoms with Gasteiger partial charge in [-0.3, -0.25) is 4.72 Å². The molecular formula is C23H21N3O2S. The molecule has 0 spiro atoms. The molecule has 6 heteroatoms. The van der Waals surface area contributed by atoms with E-state index in [4.69, 9.17) is 0 Å². The molecule has 0 fully saturated rings. The first kappa shape index (κ1) is 19.0. The number of rotatable bonds is 6. The molecule has 0 saturated heterocycles. The highest BCUT2D eigenvalue weighted by molar-refractivity contribution is 7.92. The summed E-state index contributed by atoms with van der Waals surface area (Å²) in [5.74, 6) is 0. The molecule has 0 saturated carbocycles. The van der Waals surface area contributed by atoms with Gasteiger partial charge in [0.1, 0.15) is 10.6 Å². The first-order chi connectivity index (χ1) is 14.1. The summed E-state index contributed by atoms with van der Waals surface area (Å²) in [7, 11) is -3.83. The summed E-state index contributed by atoms with van der Waals surface area (Å²) in [4.78, 5) is 0.132. The molecule has 0 bridgehead atoms. The van der Waals surface area contributed by atoms with Gasteiger partial charge in [-0.1, -0.05) is 67.6 Å². The molecular weight excluding hydrogens is 382 g/mol. The molecule has 29 heavy (non-hydrogen) atoms. The van der Waals surface area contributed by atoms with E-state index in [-0.39, 0.29) is 4.90 Å². The molecule has 146 valence electrons. The summed E-state index contributed by atoms with van der Waals surface area (Å²) in [5.41, 5.74) is 3.61. The Labute approximate surface area is 170 Å². The fourth-order valence-corrected chi connectivity index (χ4v) is 4.29. The largest absolute Gasteiger partial charge is 0.280 e. The van der Waals surface area contributed by atoms with E-state index in [1.54, 1.807) is 23.0 Å². The number of aryl methyl sites for hydroxylation is 1. The van der Waals surface area contributed by atoms with Crippen molar-refractivity contribution in [3.8, 4) is 16.9 Å². The summed E-state index contributed by atoms with van der Waals surface area (Å²) < 4.78 is 30.7. The van der Waals surface area contributed by atoms with Crippen LogP contribution in [0.3, 0.4) is 0 Å². The molecule has 5 nitrogen and oxygen atoms in total. The second kappa shape index (κ2) is 7.93. The monoisotopic (exact) mass is 403 g/mol. The number of para-hydroxylation sites is 1. The van der Waals surface area contributed by atoms with E-state index in [2.05, 4.69) is 16.7 Å². The Balaban J connectivity index is 1.79. The molecule has 1 aromatic heterocycles. The van der Waals surface area contributed by atoms with Gasteiger partial charge in [0.2, 0.25) is 0 Å². The Hall–Kier alpha value is -3.38. The maximum Gasteiger partial charge on any atom is 0.265 e. The number of aromatic nitrogens is 2. The van der Waals surface area contributed by atoms with E-state index in [9.17, 15) is 8.42 Å². The minimum absolute atomic E-state index is 0.132. The number of hydrogen-bond acceptors (Lipinski definition) is 3. The van der Waals surface area contributed by atoms with Crippen LogP contribution in [0.25, 0.3) is 16.9 Å². The lowest BCUT2D eigenvalue weighted by atomic mass is 10.2. The highest BCUT2D eigenvalue weighted by Gasteiger charge is 2.24. The Morgan fingerprint density at radius 2 is 1.48 bits per heavy atom. The quantitative estimate of drug-likeness (QED) is 0.498. The van der Waals surface area contributed by atoms with E-state index in [1.807, 2.05) is 72.8 Å². The minimum Gasteiger partial charge on any atom is -0.280 e. The number of anilines is 1. The molecule has 4 rings (SSSR count). The molecule has 0 amide bonds. The smallest absolute Gasteiger partial charge is 0.265 e. The van der Waals surface area contributed by atoms with Crippen LogP contribution in [-0.2, 0) is 16.4 Å². The van der Waals surface area contributed by atoms with Gasteiger partial charge in [-0.15, -0.1) is 0 Å². The van der Waals surface area contributed by atoms with Crippen molar-refractivity contribution < 1.29 is 8.42 Å². The van der Waals surface area contributed by atoms with Crippen LogP contribution in [0.15, 0.2) is 96.0 Å². The number of nitrogens with one attached hydrogen (secondary N) is 1. The highest BCUT2D eigenvalue weighted by Crippen LogP contribution is 2.28. The van der Waals surface area contributed by atoms with Gasteiger partial charge in [-0.25, -0.2) is 13.1 Å². The SMILES string of the molecule is CCc1ccc(NS(=O)(=O)c2cn(-c3ccccc3)nc2-c2ccccc2)cc1. The first-order valence-corrected chi connectivity index (χ1v) is 10.9. The molecule has 0 unspecified atom stereocenters. The van der Waals surface area contributed by atoms with Gasteiger partial charge < -0.3 is 0 Å². The predicted molar refractivity (Wildman–Crippen MR) is 116 cm³/mol. The Morgan fingerprint density at radius 3 is 2.10 bits per heavy atom. The summed E-state index contributed by atoms with van der Waals surface area (Å²) in [6.07, 6.45) is 2.45. The number of hydrogen-bond donors (Lipinski definition) is 1. The maximum absolute atomic E-state index is 13.2. The van der Waals surface area contributed by atoms with Crippen molar-refractivity contribution in [2.24, 2.45) is 0 Å². The van der Waals surface area contributed by atoms with Crippen molar-refractivity contribution in [2.45, 2.75) is 18.2 Å².